The number of hydrogen-bond acceptors (Lipinski definition) is 6. The predicted octanol–water partition coefficient (Wildman–Crippen LogP) is 5.55. The van der Waals surface area contributed by atoms with Crippen LogP contribution >= 0.6 is 11.8 Å². The molecule has 0 saturated heterocycles. The smallest absolute Gasteiger partial charge is 0.225 e. The molecule has 1 aliphatic rings. The van der Waals surface area contributed by atoms with Crippen LogP contribution in [0.2, 0.25) is 0 Å². The van der Waals surface area contributed by atoms with Crippen molar-refractivity contribution < 1.29 is 19.4 Å². The van der Waals surface area contributed by atoms with E-state index in [0.717, 1.165) is 60.0 Å². The number of carbonyl (C=O) groups excluding carboxylic acids is 1. The van der Waals surface area contributed by atoms with E-state index in [1.165, 1.54) is 5.56 Å². The SMILES string of the molecule is COc1ccc(OCCCN(CCO)CCCc2ccccc2)c(C2Sc3ccccc3N2C(C)=O)c1. The maximum atomic E-state index is 12.6. The molecule has 1 aliphatic heterocycles. The van der Waals surface area contributed by atoms with Crippen LogP contribution in [0.15, 0.2) is 77.7 Å². The number of para-hydroxylation sites is 1. The molecule has 0 saturated carbocycles. The molecular formula is C30H36N2O4S. The van der Waals surface area contributed by atoms with Crippen LogP contribution in [0, 0.1) is 0 Å². The summed E-state index contributed by atoms with van der Waals surface area (Å²) in [5, 5.41) is 9.30. The number of benzene rings is 3. The van der Waals surface area contributed by atoms with Crippen molar-refractivity contribution in [1.82, 2.24) is 4.90 Å². The van der Waals surface area contributed by atoms with Crippen molar-refractivity contribution in [2.45, 2.75) is 36.5 Å². The molecule has 3 aromatic carbocycles. The Hall–Kier alpha value is -3.00. The fourth-order valence-electron chi connectivity index (χ4n) is 4.67. The summed E-state index contributed by atoms with van der Waals surface area (Å²) in [6.07, 6.45) is 2.92. The Morgan fingerprint density at radius 3 is 2.51 bits per heavy atom. The molecule has 0 aliphatic carbocycles. The first-order valence-corrected chi connectivity index (χ1v) is 13.7. The number of amides is 1. The third-order valence-corrected chi connectivity index (χ3v) is 7.78. The van der Waals surface area contributed by atoms with E-state index >= 15 is 0 Å². The lowest BCUT2D eigenvalue weighted by atomic mass is 10.1. The number of fused-ring (bicyclic) bond motifs is 1. The highest BCUT2D eigenvalue weighted by Crippen LogP contribution is 2.53. The van der Waals surface area contributed by atoms with Gasteiger partial charge in [0, 0.05) is 30.5 Å². The second-order valence-corrected chi connectivity index (χ2v) is 10.2. The van der Waals surface area contributed by atoms with Crippen LogP contribution < -0.4 is 14.4 Å². The van der Waals surface area contributed by atoms with Crippen molar-refractivity contribution in [3.63, 3.8) is 0 Å². The number of carbonyl (C=O) groups is 1. The number of aryl methyl sites for hydroxylation is 1. The number of ether oxygens (including phenoxy) is 2. The van der Waals surface area contributed by atoms with E-state index < -0.39 is 0 Å². The van der Waals surface area contributed by atoms with Crippen LogP contribution in [0.25, 0.3) is 0 Å². The summed E-state index contributed by atoms with van der Waals surface area (Å²) in [5.41, 5.74) is 3.19. The van der Waals surface area contributed by atoms with Gasteiger partial charge in [-0.15, -0.1) is 0 Å². The molecule has 1 atom stereocenters. The number of nitrogens with zero attached hydrogens (tertiary/aromatic N) is 2. The van der Waals surface area contributed by atoms with Crippen LogP contribution in [0.5, 0.6) is 11.5 Å². The zero-order chi connectivity index (χ0) is 26.0. The van der Waals surface area contributed by atoms with Gasteiger partial charge in [0.25, 0.3) is 0 Å². The number of rotatable bonds is 13. The summed E-state index contributed by atoms with van der Waals surface area (Å²) in [5.74, 6) is 1.48. The molecule has 0 bridgehead atoms. The Bertz CT molecular complexity index is 1160. The maximum absolute atomic E-state index is 12.6. The standard InChI is InChI=1S/C30H36N2O4S/c1-23(34)32-27-13-6-7-14-29(27)37-30(32)26-22-25(35-2)15-16-28(26)36-21-9-18-31(19-20-33)17-8-12-24-10-4-3-5-11-24/h3-7,10-11,13-16,22,30,33H,8-9,12,17-21H2,1-2H3. The third kappa shape index (κ3) is 7.06. The molecule has 7 heteroatoms. The number of anilines is 1. The Morgan fingerprint density at radius 1 is 1.00 bits per heavy atom. The molecule has 1 amide bonds. The van der Waals surface area contributed by atoms with Crippen LogP contribution in [0.1, 0.15) is 36.3 Å². The highest BCUT2D eigenvalue weighted by Gasteiger charge is 2.35. The molecule has 4 rings (SSSR count). The number of thioether (sulfide) groups is 1. The topological polar surface area (TPSA) is 62.2 Å². The first kappa shape index (κ1) is 27.0. The van der Waals surface area contributed by atoms with Gasteiger partial charge in [-0.05, 0) is 61.7 Å². The summed E-state index contributed by atoms with van der Waals surface area (Å²) in [6, 6.07) is 24.3. The number of hydrogen-bond donors (Lipinski definition) is 1. The lowest BCUT2D eigenvalue weighted by Gasteiger charge is -2.26. The fraction of sp³-hybridized carbons (Fsp3) is 0.367. The van der Waals surface area contributed by atoms with Gasteiger partial charge in [-0.25, -0.2) is 0 Å². The Balaban J connectivity index is 1.38. The van der Waals surface area contributed by atoms with Crippen LogP contribution in [0.3, 0.4) is 0 Å². The first-order valence-electron chi connectivity index (χ1n) is 12.8. The van der Waals surface area contributed by atoms with E-state index in [2.05, 4.69) is 29.2 Å². The van der Waals surface area contributed by atoms with Gasteiger partial charge in [0.05, 0.1) is 26.0 Å². The van der Waals surface area contributed by atoms with Gasteiger partial charge >= 0.3 is 0 Å². The lowest BCUT2D eigenvalue weighted by molar-refractivity contribution is -0.116. The minimum absolute atomic E-state index is 0.00799. The molecule has 1 unspecified atom stereocenters. The zero-order valence-electron chi connectivity index (χ0n) is 21.6. The molecule has 1 heterocycles. The zero-order valence-corrected chi connectivity index (χ0v) is 22.5. The third-order valence-electron chi connectivity index (χ3n) is 6.50. The Labute approximate surface area is 224 Å². The van der Waals surface area contributed by atoms with E-state index in [1.54, 1.807) is 25.8 Å². The quantitative estimate of drug-likeness (QED) is 0.298. The van der Waals surface area contributed by atoms with Crippen LogP contribution in [0.4, 0.5) is 5.69 Å². The molecular weight excluding hydrogens is 484 g/mol. The van der Waals surface area contributed by atoms with Crippen molar-refractivity contribution in [3.05, 3.63) is 83.9 Å². The minimum Gasteiger partial charge on any atom is -0.497 e. The molecule has 6 nitrogen and oxygen atoms in total. The van der Waals surface area contributed by atoms with Gasteiger partial charge in [-0.2, -0.15) is 0 Å². The Morgan fingerprint density at radius 2 is 1.76 bits per heavy atom. The summed E-state index contributed by atoms with van der Waals surface area (Å²) in [7, 11) is 1.65. The minimum atomic E-state index is -0.219. The average molecular weight is 521 g/mol. The van der Waals surface area contributed by atoms with Gasteiger partial charge in [-0.3, -0.25) is 9.69 Å². The Kier molecular flexibility index (Phi) is 9.88. The number of aliphatic hydroxyl groups is 1. The summed E-state index contributed by atoms with van der Waals surface area (Å²) in [4.78, 5) is 17.8. The molecule has 37 heavy (non-hydrogen) atoms. The largest absolute Gasteiger partial charge is 0.497 e. The molecule has 0 aromatic heterocycles. The van der Waals surface area contributed by atoms with E-state index in [0.29, 0.717) is 13.2 Å². The second kappa shape index (κ2) is 13.5. The number of aliphatic hydroxyl groups excluding tert-OH is 1. The van der Waals surface area contributed by atoms with Crippen molar-refractivity contribution in [1.29, 1.82) is 0 Å². The van der Waals surface area contributed by atoms with Gasteiger partial charge in [0.15, 0.2) is 0 Å². The average Bonchev–Trinajstić information content (AvgIpc) is 3.31. The predicted molar refractivity (Wildman–Crippen MR) is 150 cm³/mol. The second-order valence-electron chi connectivity index (χ2n) is 9.09. The van der Waals surface area contributed by atoms with E-state index in [1.807, 2.05) is 53.4 Å². The van der Waals surface area contributed by atoms with Gasteiger partial charge in [0.2, 0.25) is 5.91 Å². The summed E-state index contributed by atoms with van der Waals surface area (Å²) in [6.45, 7) is 4.74. The molecule has 0 spiro atoms. The summed E-state index contributed by atoms with van der Waals surface area (Å²) >= 11 is 1.65. The van der Waals surface area contributed by atoms with Gasteiger partial charge < -0.3 is 19.5 Å². The van der Waals surface area contributed by atoms with E-state index in [4.69, 9.17) is 9.47 Å². The molecule has 3 aromatic rings. The van der Waals surface area contributed by atoms with E-state index in [-0.39, 0.29) is 17.9 Å². The molecule has 196 valence electrons. The maximum Gasteiger partial charge on any atom is 0.225 e. The van der Waals surface area contributed by atoms with Gasteiger partial charge in [-0.1, -0.05) is 54.2 Å². The fourth-order valence-corrected chi connectivity index (χ4v) is 6.03. The summed E-state index contributed by atoms with van der Waals surface area (Å²) < 4.78 is 11.8. The molecule has 1 N–H and O–H groups in total. The normalized spacial score (nSPS) is 14.6. The molecule has 0 fully saturated rings. The highest BCUT2D eigenvalue weighted by atomic mass is 32.2. The van der Waals surface area contributed by atoms with Crippen molar-refractivity contribution in [2.24, 2.45) is 0 Å². The molecule has 0 radical (unpaired) electrons. The first-order chi connectivity index (χ1) is 18.1. The van der Waals surface area contributed by atoms with Crippen LogP contribution in [-0.4, -0.2) is 55.9 Å². The number of methoxy groups -OCH3 is 1. The van der Waals surface area contributed by atoms with Crippen molar-refractivity contribution in [2.75, 3.05) is 44.9 Å². The van der Waals surface area contributed by atoms with Crippen molar-refractivity contribution in [3.8, 4) is 11.5 Å². The monoisotopic (exact) mass is 520 g/mol. The van der Waals surface area contributed by atoms with E-state index in [9.17, 15) is 9.90 Å². The van der Waals surface area contributed by atoms with Gasteiger partial charge in [0.1, 0.15) is 16.9 Å². The highest BCUT2D eigenvalue weighted by molar-refractivity contribution is 8.00. The van der Waals surface area contributed by atoms with Crippen molar-refractivity contribution >= 4 is 23.4 Å². The van der Waals surface area contributed by atoms with Crippen LogP contribution in [-0.2, 0) is 11.2 Å². The lowest BCUT2D eigenvalue weighted by Crippen LogP contribution is -2.30.